The predicted molar refractivity (Wildman–Crippen MR) is 85.9 cm³/mol. The zero-order chi connectivity index (χ0) is 13.8. The molecule has 0 aromatic carbocycles. The Balaban J connectivity index is 1.48. The average molecular weight is 278 g/mol. The molecule has 0 spiro atoms. The van der Waals surface area contributed by atoms with Crippen molar-refractivity contribution in [2.75, 3.05) is 13.1 Å². The topological polar surface area (TPSA) is 24.1 Å². The highest BCUT2D eigenvalue weighted by Gasteiger charge is 2.34. The van der Waals surface area contributed by atoms with Crippen LogP contribution in [-0.4, -0.2) is 25.2 Å². The molecule has 3 aliphatic rings. The fraction of sp³-hybridized carbons (Fsp3) is 1.00. The number of hydrogen-bond donors (Lipinski definition) is 2. The molecule has 0 radical (unpaired) electrons. The summed E-state index contributed by atoms with van der Waals surface area (Å²) in [6.45, 7) is 5.02. The van der Waals surface area contributed by atoms with Crippen molar-refractivity contribution < 1.29 is 0 Å². The Morgan fingerprint density at radius 1 is 0.900 bits per heavy atom. The molecule has 5 atom stereocenters. The second-order valence-electron chi connectivity index (χ2n) is 7.69. The fourth-order valence-electron chi connectivity index (χ4n) is 4.97. The van der Waals surface area contributed by atoms with Gasteiger partial charge in [-0.25, -0.2) is 0 Å². The lowest BCUT2D eigenvalue weighted by Crippen LogP contribution is -2.48. The van der Waals surface area contributed by atoms with Crippen LogP contribution in [0.2, 0.25) is 0 Å². The molecule has 116 valence electrons. The van der Waals surface area contributed by atoms with E-state index in [0.29, 0.717) is 0 Å². The summed E-state index contributed by atoms with van der Waals surface area (Å²) < 4.78 is 0. The Bertz CT molecular complexity index is 285. The zero-order valence-electron chi connectivity index (χ0n) is 13.4. The van der Waals surface area contributed by atoms with E-state index in [-0.39, 0.29) is 0 Å². The van der Waals surface area contributed by atoms with Gasteiger partial charge in [0, 0.05) is 12.1 Å². The summed E-state index contributed by atoms with van der Waals surface area (Å²) in [6.07, 6.45) is 14.4. The summed E-state index contributed by atoms with van der Waals surface area (Å²) in [5, 5.41) is 7.79. The minimum Gasteiger partial charge on any atom is -0.314 e. The van der Waals surface area contributed by atoms with Crippen LogP contribution in [0.3, 0.4) is 0 Å². The second kappa shape index (κ2) is 7.26. The van der Waals surface area contributed by atoms with Gasteiger partial charge in [0.2, 0.25) is 0 Å². The van der Waals surface area contributed by atoms with E-state index in [1.807, 2.05) is 0 Å². The van der Waals surface area contributed by atoms with Gasteiger partial charge < -0.3 is 10.6 Å². The Hall–Kier alpha value is -0.0800. The van der Waals surface area contributed by atoms with Gasteiger partial charge in [-0.2, -0.15) is 0 Å². The van der Waals surface area contributed by atoms with Crippen molar-refractivity contribution in [2.24, 2.45) is 17.8 Å². The Morgan fingerprint density at radius 3 is 2.55 bits per heavy atom. The monoisotopic (exact) mass is 278 g/mol. The molecule has 2 aliphatic carbocycles. The zero-order valence-corrected chi connectivity index (χ0v) is 13.4. The number of rotatable bonds is 4. The van der Waals surface area contributed by atoms with Crippen LogP contribution in [0.25, 0.3) is 0 Å². The van der Waals surface area contributed by atoms with Crippen molar-refractivity contribution in [2.45, 2.75) is 83.2 Å². The van der Waals surface area contributed by atoms with Crippen molar-refractivity contribution in [1.29, 1.82) is 0 Å². The van der Waals surface area contributed by atoms with Crippen LogP contribution in [0.4, 0.5) is 0 Å². The van der Waals surface area contributed by atoms with Crippen LogP contribution < -0.4 is 10.6 Å². The molecule has 3 rings (SSSR count). The molecule has 0 aromatic rings. The van der Waals surface area contributed by atoms with Gasteiger partial charge in [-0.1, -0.05) is 39.0 Å². The third kappa shape index (κ3) is 3.57. The lowest BCUT2D eigenvalue weighted by Gasteiger charge is -2.35. The molecule has 2 heteroatoms. The maximum atomic E-state index is 3.99. The lowest BCUT2D eigenvalue weighted by atomic mass is 9.80. The molecule has 1 saturated heterocycles. The molecular formula is C18H34N2. The summed E-state index contributed by atoms with van der Waals surface area (Å²) in [7, 11) is 0. The summed E-state index contributed by atoms with van der Waals surface area (Å²) in [6, 6.07) is 1.62. The molecule has 1 aliphatic heterocycles. The summed E-state index contributed by atoms with van der Waals surface area (Å²) in [5.41, 5.74) is 0. The minimum absolute atomic E-state index is 0.805. The number of piperidine rings is 1. The van der Waals surface area contributed by atoms with Gasteiger partial charge in [0.25, 0.3) is 0 Å². The molecule has 1 heterocycles. The summed E-state index contributed by atoms with van der Waals surface area (Å²) in [5.74, 6) is 2.81. The van der Waals surface area contributed by atoms with Crippen LogP contribution in [0.15, 0.2) is 0 Å². The molecule has 2 nitrogen and oxygen atoms in total. The van der Waals surface area contributed by atoms with Gasteiger partial charge in [0.05, 0.1) is 0 Å². The van der Waals surface area contributed by atoms with Crippen LogP contribution >= 0.6 is 0 Å². The van der Waals surface area contributed by atoms with E-state index in [9.17, 15) is 0 Å². The van der Waals surface area contributed by atoms with Gasteiger partial charge in [0.15, 0.2) is 0 Å². The van der Waals surface area contributed by atoms with Gasteiger partial charge in [-0.3, -0.25) is 0 Å². The van der Waals surface area contributed by atoms with Crippen LogP contribution in [0.1, 0.15) is 71.1 Å². The number of hydrogen-bond acceptors (Lipinski definition) is 2. The van der Waals surface area contributed by atoms with E-state index in [1.54, 1.807) is 0 Å². The first-order valence-electron chi connectivity index (χ1n) is 9.31. The maximum absolute atomic E-state index is 3.99. The highest BCUT2D eigenvalue weighted by atomic mass is 15.0. The molecule has 0 bridgehead atoms. The van der Waals surface area contributed by atoms with Crippen molar-refractivity contribution in [3.8, 4) is 0 Å². The van der Waals surface area contributed by atoms with Crippen molar-refractivity contribution in [3.63, 3.8) is 0 Å². The Kier molecular flexibility index (Phi) is 5.39. The Labute approximate surface area is 125 Å². The van der Waals surface area contributed by atoms with E-state index in [1.165, 1.54) is 77.3 Å². The Morgan fingerprint density at radius 2 is 1.75 bits per heavy atom. The number of nitrogens with one attached hydrogen (secondary N) is 2. The van der Waals surface area contributed by atoms with E-state index < -0.39 is 0 Å². The van der Waals surface area contributed by atoms with E-state index in [0.717, 1.165) is 29.8 Å². The molecule has 0 amide bonds. The normalized spacial score (nSPS) is 42.8. The third-order valence-electron chi connectivity index (χ3n) is 6.37. The van der Waals surface area contributed by atoms with Crippen LogP contribution in [0.5, 0.6) is 0 Å². The fourth-order valence-corrected chi connectivity index (χ4v) is 4.97. The quantitative estimate of drug-likeness (QED) is 0.819. The first kappa shape index (κ1) is 14.8. The molecular weight excluding hydrogens is 244 g/mol. The molecule has 5 unspecified atom stereocenters. The van der Waals surface area contributed by atoms with Gasteiger partial charge in [-0.15, -0.1) is 0 Å². The largest absolute Gasteiger partial charge is 0.314 e. The molecule has 20 heavy (non-hydrogen) atoms. The first-order valence-corrected chi connectivity index (χ1v) is 9.31. The van der Waals surface area contributed by atoms with Crippen molar-refractivity contribution in [3.05, 3.63) is 0 Å². The molecule has 2 N–H and O–H groups in total. The molecule has 3 fully saturated rings. The smallest absolute Gasteiger partial charge is 0.0110 e. The highest BCUT2D eigenvalue weighted by Crippen LogP contribution is 2.33. The average Bonchev–Trinajstić information content (AvgIpc) is 2.96. The van der Waals surface area contributed by atoms with E-state index >= 15 is 0 Å². The molecule has 2 saturated carbocycles. The van der Waals surface area contributed by atoms with E-state index in [4.69, 9.17) is 0 Å². The standard InChI is InChI=1S/C18H34N2/c1-14-7-2-3-8-15(14)13-20-18-11-6-9-16(18)17-10-4-5-12-19-17/h14-20H,2-13H2,1H3. The van der Waals surface area contributed by atoms with Gasteiger partial charge in [-0.05, 0) is 62.9 Å². The third-order valence-corrected chi connectivity index (χ3v) is 6.37. The van der Waals surface area contributed by atoms with Crippen molar-refractivity contribution >= 4 is 0 Å². The minimum atomic E-state index is 0.805. The maximum Gasteiger partial charge on any atom is 0.0110 e. The van der Waals surface area contributed by atoms with E-state index in [2.05, 4.69) is 17.6 Å². The highest BCUT2D eigenvalue weighted by molar-refractivity contribution is 4.92. The van der Waals surface area contributed by atoms with Crippen LogP contribution in [-0.2, 0) is 0 Å². The van der Waals surface area contributed by atoms with Crippen molar-refractivity contribution in [1.82, 2.24) is 10.6 Å². The van der Waals surface area contributed by atoms with Gasteiger partial charge >= 0.3 is 0 Å². The SMILES string of the molecule is CC1CCCCC1CNC1CCCC1C1CCCCN1. The molecule has 0 aromatic heterocycles. The van der Waals surface area contributed by atoms with Crippen LogP contribution in [0, 0.1) is 17.8 Å². The summed E-state index contributed by atoms with van der Waals surface area (Å²) in [4.78, 5) is 0. The lowest BCUT2D eigenvalue weighted by molar-refractivity contribution is 0.214. The van der Waals surface area contributed by atoms with Gasteiger partial charge in [0.1, 0.15) is 0 Å². The summed E-state index contributed by atoms with van der Waals surface area (Å²) >= 11 is 0. The first-order chi connectivity index (χ1) is 9.84. The predicted octanol–water partition coefficient (Wildman–Crippen LogP) is 3.71. The second-order valence-corrected chi connectivity index (χ2v) is 7.69.